The predicted molar refractivity (Wildman–Crippen MR) is 34.4 cm³/mol. The number of hydrogen-bond donors (Lipinski definition) is 0. The monoisotopic (exact) mass is 179 g/mol. The van der Waals surface area contributed by atoms with E-state index in [-0.39, 0.29) is 18.6 Å². The molecule has 0 N–H and O–H groups in total. The molecule has 0 aromatic carbocycles. The molecule has 4 heteroatoms. The van der Waals surface area contributed by atoms with Gasteiger partial charge in [-0.15, -0.1) is 6.20 Å². The molecule has 0 spiro atoms. The fraction of sp³-hybridized carbons (Fsp3) is 0.400. The summed E-state index contributed by atoms with van der Waals surface area (Å²) in [4.78, 5) is 0. The van der Waals surface area contributed by atoms with Crippen molar-refractivity contribution < 1.29 is 18.6 Å². The number of rotatable bonds is 0. The van der Waals surface area contributed by atoms with Crippen molar-refractivity contribution in [2.24, 2.45) is 0 Å². The molecule has 1 rings (SSSR count). The molecule has 2 nitrogen and oxygen atoms in total. The van der Waals surface area contributed by atoms with Crippen molar-refractivity contribution >= 4 is 11.7 Å². The topological polar surface area (TPSA) is 25.8 Å². The van der Waals surface area contributed by atoms with Gasteiger partial charge in [-0.05, 0) is 0 Å². The van der Waals surface area contributed by atoms with Gasteiger partial charge < -0.3 is 17.0 Å². The molecule has 1 aromatic heterocycles. The van der Waals surface area contributed by atoms with Crippen LogP contribution in [0.3, 0.4) is 0 Å². The van der Waals surface area contributed by atoms with Gasteiger partial charge in [0, 0.05) is 11.7 Å². The van der Waals surface area contributed by atoms with E-state index in [9.17, 15) is 0 Å². The minimum absolute atomic E-state index is 0. The summed E-state index contributed by atoms with van der Waals surface area (Å²) in [7, 11) is 0. The molecule has 0 fully saturated rings. The van der Waals surface area contributed by atoms with Crippen molar-refractivity contribution in [2.45, 2.75) is 13.8 Å². The van der Waals surface area contributed by atoms with Crippen molar-refractivity contribution in [1.82, 2.24) is 8.75 Å². The van der Waals surface area contributed by atoms with Gasteiger partial charge in [0.25, 0.3) is 0 Å². The van der Waals surface area contributed by atoms with E-state index in [0.29, 0.717) is 0 Å². The zero-order valence-corrected chi connectivity index (χ0v) is 7.62. The summed E-state index contributed by atoms with van der Waals surface area (Å²) in [6.45, 7) is 4.00. The molecule has 0 unspecified atom stereocenters. The summed E-state index contributed by atoms with van der Waals surface area (Å²) in [6, 6.07) is 0. The normalized spacial score (nSPS) is 6.44. The van der Waals surface area contributed by atoms with Crippen LogP contribution in [0.15, 0.2) is 6.20 Å². The maximum atomic E-state index is 3.60. The van der Waals surface area contributed by atoms with Crippen molar-refractivity contribution in [3.8, 4) is 0 Å². The van der Waals surface area contributed by atoms with Gasteiger partial charge in [-0.3, -0.25) is 0 Å². The minimum atomic E-state index is 0. The molecule has 0 aliphatic rings. The Morgan fingerprint density at radius 3 is 2.22 bits per heavy atom. The molecule has 0 amide bonds. The third-order valence-electron chi connectivity index (χ3n) is 0.251. The summed E-state index contributed by atoms with van der Waals surface area (Å²) >= 11 is 1.16. The van der Waals surface area contributed by atoms with Crippen LogP contribution in [-0.2, 0) is 18.6 Å². The van der Waals surface area contributed by atoms with E-state index in [4.69, 9.17) is 0 Å². The Morgan fingerprint density at radius 2 is 2.11 bits per heavy atom. The van der Waals surface area contributed by atoms with E-state index in [1.807, 2.05) is 20.3 Å². The van der Waals surface area contributed by atoms with Crippen LogP contribution in [0.2, 0.25) is 0 Å². The predicted octanol–water partition coefficient (Wildman–Crippen LogP) is 1.57. The first-order valence-electron chi connectivity index (χ1n) is 2.29. The van der Waals surface area contributed by atoms with Gasteiger partial charge in [0.1, 0.15) is 0 Å². The van der Waals surface area contributed by atoms with Crippen LogP contribution in [0, 0.1) is 12.6 Å². The third-order valence-corrected chi connectivity index (χ3v) is 0.638. The smallest absolute Gasteiger partial charge is 0.394 e. The fourth-order valence-corrected chi connectivity index (χ4v) is 0.354. The molecule has 0 bridgehead atoms. The molecule has 0 aliphatic heterocycles. The summed E-state index contributed by atoms with van der Waals surface area (Å²) in [5.74, 6) is 0. The standard InChI is InChI=1S/C3H7.C2HN2S.V/c1-3-2;1-2-4-5-3-1;/h3H,1-2H3;1H;/q2*-1;+2. The zero-order valence-electron chi connectivity index (χ0n) is 5.40. The van der Waals surface area contributed by atoms with Crippen LogP contribution in [0.1, 0.15) is 13.8 Å². The first kappa shape index (κ1) is 11.9. The van der Waals surface area contributed by atoms with E-state index in [0.717, 1.165) is 11.7 Å². The molecule has 0 atom stereocenters. The minimum Gasteiger partial charge on any atom is -0.394 e. The van der Waals surface area contributed by atoms with E-state index in [1.165, 1.54) is 6.20 Å². The van der Waals surface area contributed by atoms with Crippen molar-refractivity contribution in [3.05, 3.63) is 18.8 Å². The van der Waals surface area contributed by atoms with Crippen LogP contribution in [0.4, 0.5) is 0 Å². The van der Waals surface area contributed by atoms with E-state index in [1.54, 1.807) is 0 Å². The molecule has 1 radical (unpaired) electrons. The largest absolute Gasteiger partial charge is 2.00 e. The maximum absolute atomic E-state index is 3.60. The molecule has 0 saturated heterocycles. The van der Waals surface area contributed by atoms with Crippen LogP contribution >= 0.6 is 11.7 Å². The van der Waals surface area contributed by atoms with Gasteiger partial charge in [-0.2, -0.15) is 13.8 Å². The Hall–Kier alpha value is 0.144. The second kappa shape index (κ2) is 11.0. The second-order valence-electron chi connectivity index (χ2n) is 1.11. The molecule has 0 aliphatic carbocycles. The van der Waals surface area contributed by atoms with E-state index in [2.05, 4.69) is 14.9 Å². The summed E-state index contributed by atoms with van der Waals surface area (Å²) in [6.07, 6.45) is 6.05. The van der Waals surface area contributed by atoms with E-state index < -0.39 is 0 Å². The van der Waals surface area contributed by atoms with Gasteiger partial charge >= 0.3 is 18.6 Å². The quantitative estimate of drug-likeness (QED) is 0.565. The summed E-state index contributed by atoms with van der Waals surface area (Å²) in [5, 5.41) is 0. The van der Waals surface area contributed by atoms with Gasteiger partial charge in [0.05, 0.1) is 0 Å². The van der Waals surface area contributed by atoms with Gasteiger partial charge in [-0.1, -0.05) is 0 Å². The van der Waals surface area contributed by atoms with Gasteiger partial charge in [0.2, 0.25) is 0 Å². The SMILES string of the molecule is C[CH-]C.[V+2].[c-]1cnsn1. The summed E-state index contributed by atoms with van der Waals surface area (Å²) < 4.78 is 7.12. The molecular formula is C5H8N2SV. The Kier molecular flexibility index (Phi) is 14.5. The molecule has 9 heavy (non-hydrogen) atoms. The Bertz CT molecular complexity index is 81.9. The zero-order chi connectivity index (χ0) is 6.24. The molecular weight excluding hydrogens is 171 g/mol. The van der Waals surface area contributed by atoms with E-state index >= 15 is 0 Å². The Morgan fingerprint density at radius 1 is 1.56 bits per heavy atom. The summed E-state index contributed by atoms with van der Waals surface area (Å²) in [5.41, 5.74) is 0. The number of hydrogen-bond acceptors (Lipinski definition) is 3. The first-order valence-corrected chi connectivity index (χ1v) is 3.02. The molecule has 49 valence electrons. The van der Waals surface area contributed by atoms with Crippen molar-refractivity contribution in [1.29, 1.82) is 0 Å². The number of aromatic nitrogens is 2. The van der Waals surface area contributed by atoms with Crippen molar-refractivity contribution in [3.63, 3.8) is 0 Å². The van der Waals surface area contributed by atoms with Gasteiger partial charge in [-0.25, -0.2) is 4.37 Å². The molecule has 1 heterocycles. The Balaban J connectivity index is 0. The average molecular weight is 179 g/mol. The first-order chi connectivity index (χ1) is 3.91. The number of nitrogens with zero attached hydrogens (tertiary/aromatic N) is 2. The van der Waals surface area contributed by atoms with Crippen LogP contribution in [-0.4, -0.2) is 8.75 Å². The van der Waals surface area contributed by atoms with Crippen LogP contribution in [0.25, 0.3) is 0 Å². The Labute approximate surface area is 71.9 Å². The van der Waals surface area contributed by atoms with Crippen LogP contribution < -0.4 is 0 Å². The third kappa shape index (κ3) is 11.6. The maximum Gasteiger partial charge on any atom is 2.00 e. The van der Waals surface area contributed by atoms with Gasteiger partial charge in [0.15, 0.2) is 0 Å². The van der Waals surface area contributed by atoms with Crippen LogP contribution in [0.5, 0.6) is 0 Å². The van der Waals surface area contributed by atoms with Crippen molar-refractivity contribution in [2.75, 3.05) is 0 Å². The molecule has 0 saturated carbocycles. The average Bonchev–Trinajstić information content (AvgIpc) is 2.17. The fourth-order valence-electron chi connectivity index (χ4n) is 0.118. The second-order valence-corrected chi connectivity index (χ2v) is 1.67. The molecule has 1 aromatic rings.